The first-order valence-corrected chi connectivity index (χ1v) is 5.61. The van der Waals surface area contributed by atoms with E-state index in [0.717, 1.165) is 6.42 Å². The molecule has 1 atom stereocenters. The van der Waals surface area contributed by atoms with Crippen LogP contribution in [0.5, 0.6) is 0 Å². The van der Waals surface area contributed by atoms with Crippen molar-refractivity contribution in [3.05, 3.63) is 0 Å². The number of carbonyl (C=O) groups is 2. The molecule has 0 bridgehead atoms. The molecular formula is C10H16ClNO2. The van der Waals surface area contributed by atoms with Gasteiger partial charge in [-0.2, -0.15) is 0 Å². The molecule has 0 radical (unpaired) electrons. The van der Waals surface area contributed by atoms with E-state index in [2.05, 4.69) is 0 Å². The molecule has 14 heavy (non-hydrogen) atoms. The molecule has 1 fully saturated rings. The van der Waals surface area contributed by atoms with Crippen molar-refractivity contribution in [3.63, 3.8) is 0 Å². The van der Waals surface area contributed by atoms with Crippen LogP contribution in [0.4, 0.5) is 0 Å². The van der Waals surface area contributed by atoms with Gasteiger partial charge >= 0.3 is 0 Å². The Morgan fingerprint density at radius 3 is 2.86 bits per heavy atom. The van der Waals surface area contributed by atoms with Crippen LogP contribution in [0.2, 0.25) is 0 Å². The zero-order valence-corrected chi connectivity index (χ0v) is 9.22. The summed E-state index contributed by atoms with van der Waals surface area (Å²) in [5.74, 6) is 0.760. The Labute approximate surface area is 89.4 Å². The van der Waals surface area contributed by atoms with E-state index in [9.17, 15) is 9.59 Å². The zero-order valence-electron chi connectivity index (χ0n) is 8.46. The van der Waals surface area contributed by atoms with E-state index < -0.39 is 0 Å². The average molecular weight is 218 g/mol. The highest BCUT2D eigenvalue weighted by molar-refractivity contribution is 6.18. The monoisotopic (exact) mass is 217 g/mol. The molecule has 2 amide bonds. The van der Waals surface area contributed by atoms with Gasteiger partial charge in [0.1, 0.15) is 0 Å². The molecule has 3 nitrogen and oxygen atoms in total. The number of amides is 2. The number of hydrogen-bond donors (Lipinski definition) is 0. The van der Waals surface area contributed by atoms with Crippen LogP contribution < -0.4 is 0 Å². The predicted octanol–water partition coefficient (Wildman–Crippen LogP) is 1.79. The molecule has 1 rings (SSSR count). The van der Waals surface area contributed by atoms with Crippen LogP contribution in [0.25, 0.3) is 0 Å². The van der Waals surface area contributed by atoms with Gasteiger partial charge in [-0.05, 0) is 12.3 Å². The summed E-state index contributed by atoms with van der Waals surface area (Å²) in [6.07, 6.45) is 2.54. The molecule has 1 heterocycles. The lowest BCUT2D eigenvalue weighted by Crippen LogP contribution is -2.32. The van der Waals surface area contributed by atoms with Crippen LogP contribution in [-0.2, 0) is 9.59 Å². The standard InChI is InChI=1S/C10H16ClNO2/c1-2-8-6-10(14)12(7-8)9(13)4-3-5-11/h8H,2-7H2,1H3. The largest absolute Gasteiger partial charge is 0.282 e. The molecule has 0 saturated carbocycles. The SMILES string of the molecule is CCC1CC(=O)N(C(=O)CCCCl)C1. The van der Waals surface area contributed by atoms with Gasteiger partial charge in [0.15, 0.2) is 0 Å². The fraction of sp³-hybridized carbons (Fsp3) is 0.800. The van der Waals surface area contributed by atoms with Gasteiger partial charge in [-0.1, -0.05) is 13.3 Å². The van der Waals surface area contributed by atoms with Crippen molar-refractivity contribution in [2.45, 2.75) is 32.6 Å². The number of rotatable bonds is 4. The molecule has 0 aromatic carbocycles. The number of alkyl halides is 1. The molecule has 1 aliphatic rings. The molecule has 0 N–H and O–H groups in total. The highest BCUT2D eigenvalue weighted by Crippen LogP contribution is 2.21. The Kier molecular flexibility index (Phi) is 4.39. The van der Waals surface area contributed by atoms with Crippen molar-refractivity contribution in [2.75, 3.05) is 12.4 Å². The molecule has 0 aromatic rings. The van der Waals surface area contributed by atoms with Gasteiger partial charge in [0.05, 0.1) is 0 Å². The van der Waals surface area contributed by atoms with Crippen LogP contribution >= 0.6 is 11.6 Å². The van der Waals surface area contributed by atoms with Gasteiger partial charge in [-0.25, -0.2) is 0 Å². The summed E-state index contributed by atoms with van der Waals surface area (Å²) in [4.78, 5) is 24.3. The Balaban J connectivity index is 2.44. The molecule has 4 heteroatoms. The van der Waals surface area contributed by atoms with E-state index in [1.165, 1.54) is 4.90 Å². The molecule has 0 spiro atoms. The highest BCUT2D eigenvalue weighted by atomic mass is 35.5. The smallest absolute Gasteiger partial charge is 0.229 e. The first-order chi connectivity index (χ1) is 6.69. The maximum absolute atomic E-state index is 11.5. The van der Waals surface area contributed by atoms with Gasteiger partial charge in [0, 0.05) is 25.3 Å². The summed E-state index contributed by atoms with van der Waals surface area (Å²) < 4.78 is 0. The van der Waals surface area contributed by atoms with Crippen molar-refractivity contribution >= 4 is 23.4 Å². The Hall–Kier alpha value is -0.570. The van der Waals surface area contributed by atoms with Gasteiger partial charge < -0.3 is 0 Å². The second-order valence-electron chi connectivity index (χ2n) is 3.67. The summed E-state index contributed by atoms with van der Waals surface area (Å²) in [5, 5.41) is 0. The number of imide groups is 1. The summed E-state index contributed by atoms with van der Waals surface area (Å²) in [6.45, 7) is 2.65. The normalized spacial score (nSPS) is 21.7. The maximum Gasteiger partial charge on any atom is 0.229 e. The third-order valence-electron chi connectivity index (χ3n) is 2.61. The minimum absolute atomic E-state index is 0.0172. The second-order valence-corrected chi connectivity index (χ2v) is 4.05. The fourth-order valence-electron chi connectivity index (χ4n) is 1.65. The lowest BCUT2D eigenvalue weighted by molar-refractivity contribution is -0.141. The number of hydrogen-bond acceptors (Lipinski definition) is 2. The minimum atomic E-state index is -0.0633. The van der Waals surface area contributed by atoms with Crippen LogP contribution in [0, 0.1) is 5.92 Å². The quantitative estimate of drug-likeness (QED) is 0.674. The topological polar surface area (TPSA) is 37.4 Å². The van der Waals surface area contributed by atoms with Crippen molar-refractivity contribution < 1.29 is 9.59 Å². The Bertz CT molecular complexity index is 230. The van der Waals surface area contributed by atoms with E-state index in [4.69, 9.17) is 11.6 Å². The average Bonchev–Trinajstić information content (AvgIpc) is 2.56. The summed E-state index contributed by atoms with van der Waals surface area (Å²) >= 11 is 5.49. The second kappa shape index (κ2) is 5.35. The fourth-order valence-corrected chi connectivity index (χ4v) is 1.78. The van der Waals surface area contributed by atoms with E-state index in [-0.39, 0.29) is 11.8 Å². The number of likely N-dealkylation sites (tertiary alicyclic amines) is 1. The number of nitrogens with zero attached hydrogens (tertiary/aromatic N) is 1. The van der Waals surface area contributed by atoms with Crippen molar-refractivity contribution in [3.8, 4) is 0 Å². The van der Waals surface area contributed by atoms with E-state index in [1.54, 1.807) is 0 Å². The van der Waals surface area contributed by atoms with Gasteiger partial charge in [-0.15, -0.1) is 11.6 Å². The lowest BCUT2D eigenvalue weighted by Gasteiger charge is -2.13. The summed E-state index contributed by atoms with van der Waals surface area (Å²) in [5.41, 5.74) is 0. The number of halogens is 1. The maximum atomic E-state index is 11.5. The van der Waals surface area contributed by atoms with Gasteiger partial charge in [0.25, 0.3) is 0 Å². The molecule has 0 aromatic heterocycles. The van der Waals surface area contributed by atoms with Gasteiger partial charge in [0.2, 0.25) is 11.8 Å². The molecule has 1 unspecified atom stereocenters. The third kappa shape index (κ3) is 2.71. The third-order valence-corrected chi connectivity index (χ3v) is 2.88. The lowest BCUT2D eigenvalue weighted by atomic mass is 10.1. The van der Waals surface area contributed by atoms with Crippen molar-refractivity contribution in [1.82, 2.24) is 4.90 Å². The molecule has 0 aliphatic carbocycles. The zero-order chi connectivity index (χ0) is 10.6. The van der Waals surface area contributed by atoms with E-state index in [0.29, 0.717) is 37.6 Å². The van der Waals surface area contributed by atoms with Crippen molar-refractivity contribution in [2.24, 2.45) is 5.92 Å². The van der Waals surface area contributed by atoms with Crippen LogP contribution in [0.1, 0.15) is 32.6 Å². The Morgan fingerprint density at radius 2 is 2.36 bits per heavy atom. The predicted molar refractivity (Wildman–Crippen MR) is 55.1 cm³/mol. The number of carbonyl (C=O) groups excluding carboxylic acids is 2. The van der Waals surface area contributed by atoms with E-state index in [1.807, 2.05) is 6.92 Å². The molecule has 1 aliphatic heterocycles. The minimum Gasteiger partial charge on any atom is -0.282 e. The van der Waals surface area contributed by atoms with E-state index >= 15 is 0 Å². The first-order valence-electron chi connectivity index (χ1n) is 5.08. The van der Waals surface area contributed by atoms with Crippen LogP contribution in [0.3, 0.4) is 0 Å². The molecular weight excluding hydrogens is 202 g/mol. The first kappa shape index (κ1) is 11.5. The summed E-state index contributed by atoms with van der Waals surface area (Å²) in [7, 11) is 0. The van der Waals surface area contributed by atoms with Crippen LogP contribution in [0.15, 0.2) is 0 Å². The van der Waals surface area contributed by atoms with Gasteiger partial charge in [-0.3, -0.25) is 14.5 Å². The van der Waals surface area contributed by atoms with Crippen LogP contribution in [-0.4, -0.2) is 29.1 Å². The molecule has 1 saturated heterocycles. The molecule has 80 valence electrons. The highest BCUT2D eigenvalue weighted by Gasteiger charge is 2.31. The summed E-state index contributed by atoms with van der Waals surface area (Å²) in [6, 6.07) is 0. The Morgan fingerprint density at radius 1 is 1.64 bits per heavy atom. The van der Waals surface area contributed by atoms with Crippen molar-refractivity contribution in [1.29, 1.82) is 0 Å².